The maximum absolute atomic E-state index is 11.9. The van der Waals surface area contributed by atoms with E-state index >= 15 is 0 Å². The molecule has 0 bridgehead atoms. The number of likely N-dealkylation sites (tertiary alicyclic amines) is 1. The van der Waals surface area contributed by atoms with Crippen LogP contribution in [-0.4, -0.2) is 49.4 Å². The molecule has 6 heteroatoms. The van der Waals surface area contributed by atoms with E-state index in [9.17, 15) is 14.4 Å². The molecule has 2 saturated heterocycles. The van der Waals surface area contributed by atoms with Crippen molar-refractivity contribution in [1.29, 1.82) is 0 Å². The van der Waals surface area contributed by atoms with Gasteiger partial charge in [0.15, 0.2) is 0 Å². The summed E-state index contributed by atoms with van der Waals surface area (Å²) in [5, 5.41) is 2.69. The molecular weight excluding hydrogens is 212 g/mol. The van der Waals surface area contributed by atoms with Gasteiger partial charge in [0.2, 0.25) is 11.8 Å². The molecule has 0 aromatic heterocycles. The van der Waals surface area contributed by atoms with Crippen molar-refractivity contribution in [3.63, 3.8) is 0 Å². The Bertz CT molecular complexity index is 355. The van der Waals surface area contributed by atoms with Gasteiger partial charge in [-0.25, -0.2) is 0 Å². The molecular formula is C10H14N2O4. The SMILES string of the molecule is COC(=O)CN1CC2(CCNC(=O)C2)C1=O. The Morgan fingerprint density at radius 1 is 1.56 bits per heavy atom. The summed E-state index contributed by atoms with van der Waals surface area (Å²) in [5.41, 5.74) is -0.545. The molecule has 0 aromatic rings. The third-order valence-electron chi connectivity index (χ3n) is 3.21. The number of β-lactam (4-membered cyclic amide) rings is 1. The average molecular weight is 226 g/mol. The summed E-state index contributed by atoms with van der Waals surface area (Å²) >= 11 is 0. The lowest BCUT2D eigenvalue weighted by Gasteiger charge is -2.49. The van der Waals surface area contributed by atoms with Crippen LogP contribution in [0, 0.1) is 5.41 Å². The second-order valence-corrected chi connectivity index (χ2v) is 4.29. The van der Waals surface area contributed by atoms with E-state index in [-0.39, 0.29) is 24.8 Å². The summed E-state index contributed by atoms with van der Waals surface area (Å²) in [6, 6.07) is 0. The Morgan fingerprint density at radius 2 is 2.31 bits per heavy atom. The van der Waals surface area contributed by atoms with Crippen molar-refractivity contribution in [3.05, 3.63) is 0 Å². The minimum Gasteiger partial charge on any atom is -0.468 e. The molecule has 0 saturated carbocycles. The van der Waals surface area contributed by atoms with Crippen LogP contribution in [0.5, 0.6) is 0 Å². The number of piperidine rings is 1. The number of ether oxygens (including phenoxy) is 1. The van der Waals surface area contributed by atoms with E-state index in [0.29, 0.717) is 19.5 Å². The second kappa shape index (κ2) is 3.77. The fourth-order valence-electron chi connectivity index (χ4n) is 2.31. The van der Waals surface area contributed by atoms with Gasteiger partial charge >= 0.3 is 5.97 Å². The van der Waals surface area contributed by atoms with Gasteiger partial charge < -0.3 is 15.0 Å². The number of methoxy groups -OCH3 is 1. The lowest BCUT2D eigenvalue weighted by Crippen LogP contribution is -2.66. The summed E-state index contributed by atoms with van der Waals surface area (Å²) in [5.74, 6) is -0.617. The summed E-state index contributed by atoms with van der Waals surface area (Å²) in [4.78, 5) is 35.5. The molecule has 2 aliphatic heterocycles. The van der Waals surface area contributed by atoms with Gasteiger partial charge in [-0.05, 0) is 6.42 Å². The van der Waals surface area contributed by atoms with Gasteiger partial charge in [-0.15, -0.1) is 0 Å². The fraction of sp³-hybridized carbons (Fsp3) is 0.700. The summed E-state index contributed by atoms with van der Waals surface area (Å²) < 4.78 is 4.49. The minimum atomic E-state index is -0.545. The normalized spacial score (nSPS) is 28.7. The van der Waals surface area contributed by atoms with E-state index in [1.807, 2.05) is 0 Å². The smallest absolute Gasteiger partial charge is 0.325 e. The van der Waals surface area contributed by atoms with Crippen LogP contribution < -0.4 is 5.32 Å². The van der Waals surface area contributed by atoms with Gasteiger partial charge in [0, 0.05) is 19.5 Å². The maximum atomic E-state index is 11.9. The highest BCUT2D eigenvalue weighted by Gasteiger charge is 2.54. The molecule has 2 rings (SSSR count). The molecule has 2 amide bonds. The predicted octanol–water partition coefficient (Wildman–Crippen LogP) is -1.10. The standard InChI is InChI=1S/C10H14N2O4/c1-16-8(14)5-12-6-10(9(12)15)2-3-11-7(13)4-10/h2-6H2,1H3,(H,11,13). The maximum Gasteiger partial charge on any atom is 0.325 e. The number of nitrogens with one attached hydrogen (secondary N) is 1. The van der Waals surface area contributed by atoms with Gasteiger partial charge in [-0.3, -0.25) is 14.4 Å². The van der Waals surface area contributed by atoms with E-state index < -0.39 is 11.4 Å². The Balaban J connectivity index is 1.95. The first kappa shape index (κ1) is 10.9. The van der Waals surface area contributed by atoms with Crippen LogP contribution in [0.1, 0.15) is 12.8 Å². The zero-order chi connectivity index (χ0) is 11.8. The molecule has 16 heavy (non-hydrogen) atoms. The molecule has 1 unspecified atom stereocenters. The van der Waals surface area contributed by atoms with Crippen LogP contribution in [0.2, 0.25) is 0 Å². The van der Waals surface area contributed by atoms with Crippen molar-refractivity contribution in [2.75, 3.05) is 26.7 Å². The van der Waals surface area contributed by atoms with Crippen molar-refractivity contribution in [3.8, 4) is 0 Å². The van der Waals surface area contributed by atoms with Crippen LogP contribution in [-0.2, 0) is 19.1 Å². The fourth-order valence-corrected chi connectivity index (χ4v) is 2.31. The Kier molecular flexibility index (Phi) is 2.57. The Morgan fingerprint density at radius 3 is 2.88 bits per heavy atom. The molecule has 1 spiro atoms. The van der Waals surface area contributed by atoms with Crippen molar-refractivity contribution in [2.24, 2.45) is 5.41 Å². The number of esters is 1. The van der Waals surface area contributed by atoms with E-state index in [2.05, 4.69) is 10.1 Å². The highest BCUT2D eigenvalue weighted by molar-refractivity contribution is 5.96. The third kappa shape index (κ3) is 1.64. The van der Waals surface area contributed by atoms with E-state index in [1.165, 1.54) is 12.0 Å². The number of carbonyl (C=O) groups is 3. The van der Waals surface area contributed by atoms with Crippen molar-refractivity contribution in [2.45, 2.75) is 12.8 Å². The third-order valence-corrected chi connectivity index (χ3v) is 3.21. The van der Waals surface area contributed by atoms with E-state index in [4.69, 9.17) is 0 Å². The van der Waals surface area contributed by atoms with Crippen LogP contribution in [0.4, 0.5) is 0 Å². The molecule has 2 heterocycles. The average Bonchev–Trinajstić information content (AvgIpc) is 2.28. The Labute approximate surface area is 92.9 Å². The molecule has 6 nitrogen and oxygen atoms in total. The first-order valence-corrected chi connectivity index (χ1v) is 5.20. The minimum absolute atomic E-state index is 0.0152. The van der Waals surface area contributed by atoms with Crippen LogP contribution in [0.25, 0.3) is 0 Å². The zero-order valence-electron chi connectivity index (χ0n) is 9.12. The van der Waals surface area contributed by atoms with Gasteiger partial charge in [-0.2, -0.15) is 0 Å². The number of amides is 2. The van der Waals surface area contributed by atoms with Gasteiger partial charge in [0.1, 0.15) is 6.54 Å². The molecule has 1 atom stereocenters. The molecule has 0 radical (unpaired) electrons. The molecule has 2 fully saturated rings. The topological polar surface area (TPSA) is 75.7 Å². The quantitative estimate of drug-likeness (QED) is 0.479. The summed E-state index contributed by atoms with van der Waals surface area (Å²) in [6.45, 7) is 1.00. The number of carbonyl (C=O) groups excluding carboxylic acids is 3. The van der Waals surface area contributed by atoms with Crippen molar-refractivity contribution in [1.82, 2.24) is 10.2 Å². The predicted molar refractivity (Wildman–Crippen MR) is 53.3 cm³/mol. The summed E-state index contributed by atoms with van der Waals surface area (Å²) in [6.07, 6.45) is 0.902. The number of rotatable bonds is 2. The number of hydrogen-bond donors (Lipinski definition) is 1. The molecule has 1 N–H and O–H groups in total. The Hall–Kier alpha value is -1.59. The molecule has 88 valence electrons. The molecule has 2 aliphatic rings. The van der Waals surface area contributed by atoms with E-state index in [1.54, 1.807) is 0 Å². The highest BCUT2D eigenvalue weighted by Crippen LogP contribution is 2.40. The van der Waals surface area contributed by atoms with Crippen molar-refractivity contribution >= 4 is 17.8 Å². The zero-order valence-corrected chi connectivity index (χ0v) is 9.12. The number of nitrogens with zero attached hydrogens (tertiary/aromatic N) is 1. The lowest BCUT2D eigenvalue weighted by atomic mass is 9.71. The van der Waals surface area contributed by atoms with Gasteiger partial charge in [0.05, 0.1) is 12.5 Å². The second-order valence-electron chi connectivity index (χ2n) is 4.29. The van der Waals surface area contributed by atoms with Crippen LogP contribution in [0.15, 0.2) is 0 Å². The van der Waals surface area contributed by atoms with Crippen LogP contribution >= 0.6 is 0 Å². The van der Waals surface area contributed by atoms with Crippen molar-refractivity contribution < 1.29 is 19.1 Å². The highest BCUT2D eigenvalue weighted by atomic mass is 16.5. The first-order valence-electron chi connectivity index (χ1n) is 5.20. The molecule has 0 aliphatic carbocycles. The van der Waals surface area contributed by atoms with E-state index in [0.717, 1.165) is 0 Å². The first-order chi connectivity index (χ1) is 7.57. The lowest BCUT2D eigenvalue weighted by molar-refractivity contribution is -0.170. The van der Waals surface area contributed by atoms with Gasteiger partial charge in [0.25, 0.3) is 0 Å². The van der Waals surface area contributed by atoms with Crippen LogP contribution in [0.3, 0.4) is 0 Å². The monoisotopic (exact) mass is 226 g/mol. The number of hydrogen-bond acceptors (Lipinski definition) is 4. The largest absolute Gasteiger partial charge is 0.468 e. The molecule has 0 aromatic carbocycles. The van der Waals surface area contributed by atoms with Gasteiger partial charge in [-0.1, -0.05) is 0 Å². The summed E-state index contributed by atoms with van der Waals surface area (Å²) in [7, 11) is 1.29.